The molecule has 3 aromatic heterocycles. The highest BCUT2D eigenvalue weighted by atomic mass is 16.5. The van der Waals surface area contributed by atoms with Gasteiger partial charge in [-0.05, 0) is 36.8 Å². The Bertz CT molecular complexity index is 1350. The zero-order valence-electron chi connectivity index (χ0n) is 21.1. The van der Waals surface area contributed by atoms with Crippen molar-refractivity contribution < 1.29 is 14.3 Å². The number of urea groups is 1. The van der Waals surface area contributed by atoms with Crippen LogP contribution in [-0.4, -0.2) is 81.9 Å². The zero-order chi connectivity index (χ0) is 25.8. The lowest BCUT2D eigenvalue weighted by molar-refractivity contribution is -0.00461. The SMILES string of the molecule is C.CCNC(=O)Nc1nc2c(-c3ncccn3)cc(-c3ccc(CN4C[C@H](OC)[C@@H](OC)C4)nc3)cc2[nH]1. The van der Waals surface area contributed by atoms with Gasteiger partial charge in [-0.15, -0.1) is 0 Å². The number of fused-ring (bicyclic) bond motifs is 1. The number of carbonyl (C=O) groups excluding carboxylic acids is 1. The molecule has 11 heteroatoms. The van der Waals surface area contributed by atoms with E-state index in [4.69, 9.17) is 14.5 Å². The lowest BCUT2D eigenvalue weighted by Gasteiger charge is -2.14. The van der Waals surface area contributed by atoms with Gasteiger partial charge < -0.3 is 19.8 Å². The Kier molecular flexibility index (Phi) is 8.62. The fraction of sp³-hybridized carbons (Fsp3) is 0.370. The molecule has 3 N–H and O–H groups in total. The van der Waals surface area contributed by atoms with Crippen LogP contribution in [0.1, 0.15) is 20.0 Å². The molecule has 0 aliphatic carbocycles. The first-order valence-electron chi connectivity index (χ1n) is 12.2. The van der Waals surface area contributed by atoms with Crippen molar-refractivity contribution >= 4 is 23.0 Å². The van der Waals surface area contributed by atoms with Gasteiger partial charge >= 0.3 is 6.03 Å². The summed E-state index contributed by atoms with van der Waals surface area (Å²) in [5, 5.41) is 5.44. The molecule has 0 spiro atoms. The van der Waals surface area contributed by atoms with Gasteiger partial charge in [0, 0.05) is 70.1 Å². The van der Waals surface area contributed by atoms with Crippen LogP contribution < -0.4 is 10.6 Å². The van der Waals surface area contributed by atoms with Crippen molar-refractivity contribution in [1.29, 1.82) is 0 Å². The summed E-state index contributed by atoms with van der Waals surface area (Å²) < 4.78 is 11.1. The number of nitrogens with one attached hydrogen (secondary N) is 3. The van der Waals surface area contributed by atoms with Gasteiger partial charge in [0.1, 0.15) is 5.52 Å². The maximum absolute atomic E-state index is 12.0. The van der Waals surface area contributed by atoms with E-state index < -0.39 is 0 Å². The number of anilines is 1. The number of carbonyl (C=O) groups is 1. The molecule has 200 valence electrons. The van der Waals surface area contributed by atoms with E-state index in [1.807, 2.05) is 31.3 Å². The number of likely N-dealkylation sites (tertiary alicyclic amines) is 1. The molecule has 0 radical (unpaired) electrons. The second-order valence-electron chi connectivity index (χ2n) is 8.84. The van der Waals surface area contributed by atoms with Gasteiger partial charge in [-0.3, -0.25) is 15.2 Å². The molecule has 4 aromatic rings. The number of hydrogen-bond donors (Lipinski definition) is 3. The number of pyridine rings is 1. The molecule has 11 nitrogen and oxygen atoms in total. The minimum atomic E-state index is -0.328. The summed E-state index contributed by atoms with van der Waals surface area (Å²) in [7, 11) is 3.44. The number of aromatic amines is 1. The average Bonchev–Trinajstić information content (AvgIpc) is 3.51. The molecule has 1 saturated heterocycles. The summed E-state index contributed by atoms with van der Waals surface area (Å²) in [6, 6.07) is 9.52. The van der Waals surface area contributed by atoms with E-state index in [0.717, 1.165) is 47.5 Å². The van der Waals surface area contributed by atoms with E-state index in [0.29, 0.717) is 23.8 Å². The molecule has 2 amide bonds. The Labute approximate surface area is 222 Å². The van der Waals surface area contributed by atoms with Gasteiger partial charge in [0.2, 0.25) is 5.95 Å². The highest BCUT2D eigenvalue weighted by molar-refractivity contribution is 5.97. The zero-order valence-corrected chi connectivity index (χ0v) is 21.1. The normalized spacial score (nSPS) is 17.3. The molecule has 1 aliphatic rings. The van der Waals surface area contributed by atoms with Gasteiger partial charge in [-0.1, -0.05) is 13.5 Å². The van der Waals surface area contributed by atoms with E-state index in [1.165, 1.54) is 0 Å². The van der Waals surface area contributed by atoms with Crippen molar-refractivity contribution in [3.8, 4) is 22.5 Å². The van der Waals surface area contributed by atoms with Crippen LogP contribution in [0.15, 0.2) is 48.9 Å². The summed E-state index contributed by atoms with van der Waals surface area (Å²) in [6.07, 6.45) is 5.39. The van der Waals surface area contributed by atoms with Gasteiger partial charge in [0.15, 0.2) is 5.82 Å². The van der Waals surface area contributed by atoms with Gasteiger partial charge in [-0.2, -0.15) is 0 Å². The number of methoxy groups -OCH3 is 2. The van der Waals surface area contributed by atoms with Crippen LogP contribution in [-0.2, 0) is 16.0 Å². The second-order valence-corrected chi connectivity index (χ2v) is 8.84. The van der Waals surface area contributed by atoms with Gasteiger partial charge in [-0.25, -0.2) is 19.7 Å². The first-order valence-corrected chi connectivity index (χ1v) is 12.2. The predicted molar refractivity (Wildman–Crippen MR) is 147 cm³/mol. The first kappa shape index (κ1) is 27.1. The van der Waals surface area contributed by atoms with Crippen LogP contribution in [0.25, 0.3) is 33.5 Å². The average molecular weight is 519 g/mol. The molecule has 5 rings (SSSR count). The number of ether oxygens (including phenoxy) is 2. The van der Waals surface area contributed by atoms with Crippen molar-refractivity contribution in [3.63, 3.8) is 0 Å². The number of benzene rings is 1. The molecule has 1 fully saturated rings. The Morgan fingerprint density at radius 3 is 2.45 bits per heavy atom. The van der Waals surface area contributed by atoms with Crippen LogP contribution in [0.3, 0.4) is 0 Å². The number of rotatable bonds is 8. The van der Waals surface area contributed by atoms with Crippen LogP contribution in [0.4, 0.5) is 10.7 Å². The van der Waals surface area contributed by atoms with Crippen molar-refractivity contribution in [2.75, 3.05) is 39.2 Å². The third-order valence-corrected chi connectivity index (χ3v) is 6.40. The highest BCUT2D eigenvalue weighted by Gasteiger charge is 2.32. The van der Waals surface area contributed by atoms with E-state index in [2.05, 4.69) is 41.5 Å². The largest absolute Gasteiger partial charge is 0.377 e. The predicted octanol–water partition coefficient (Wildman–Crippen LogP) is 3.71. The van der Waals surface area contributed by atoms with E-state index in [1.54, 1.807) is 32.7 Å². The van der Waals surface area contributed by atoms with Crippen molar-refractivity contribution in [3.05, 3.63) is 54.6 Å². The third kappa shape index (κ3) is 5.80. The molecule has 38 heavy (non-hydrogen) atoms. The number of H-pyrrole nitrogens is 1. The second kappa shape index (κ2) is 12.1. The smallest absolute Gasteiger partial charge is 0.321 e. The minimum absolute atomic E-state index is 0. The topological polar surface area (TPSA) is 130 Å². The molecular weight excluding hydrogens is 484 g/mol. The third-order valence-electron chi connectivity index (χ3n) is 6.40. The highest BCUT2D eigenvalue weighted by Crippen LogP contribution is 2.32. The molecule has 1 aliphatic heterocycles. The lowest BCUT2D eigenvalue weighted by Crippen LogP contribution is -2.28. The molecule has 2 atom stereocenters. The van der Waals surface area contributed by atoms with E-state index >= 15 is 0 Å². The molecule has 4 heterocycles. The Balaban J connectivity index is 0.00000336. The standard InChI is InChI=1S/C26H30N8O3.CH4/c1-4-27-26(35)33-25-31-20-11-17(10-19(23(20)32-25)24-28-8-5-9-29-24)16-6-7-18(30-12-16)13-34-14-21(36-2)22(15-34)37-3;/h5-12,21-22H,4,13-15H2,1-3H3,(H3,27,31,32,33,35);1H4/t21-,22-;/m0./s1. The number of amides is 2. The summed E-state index contributed by atoms with van der Waals surface area (Å²) in [5.74, 6) is 0.891. The Morgan fingerprint density at radius 2 is 1.82 bits per heavy atom. The van der Waals surface area contributed by atoms with Crippen LogP contribution in [0.2, 0.25) is 0 Å². The van der Waals surface area contributed by atoms with Crippen LogP contribution in [0, 0.1) is 0 Å². The summed E-state index contributed by atoms with van der Waals surface area (Å²) >= 11 is 0. The quantitative estimate of drug-likeness (QED) is 0.322. The number of aromatic nitrogens is 5. The van der Waals surface area contributed by atoms with Crippen molar-refractivity contribution in [2.24, 2.45) is 0 Å². The fourth-order valence-electron chi connectivity index (χ4n) is 4.58. The first-order chi connectivity index (χ1) is 18.1. The monoisotopic (exact) mass is 518 g/mol. The van der Waals surface area contributed by atoms with E-state index in [-0.39, 0.29) is 25.7 Å². The lowest BCUT2D eigenvalue weighted by atomic mass is 10.0. The molecule has 0 unspecified atom stereocenters. The van der Waals surface area contributed by atoms with Crippen molar-refractivity contribution in [1.82, 2.24) is 35.1 Å². The van der Waals surface area contributed by atoms with Crippen LogP contribution >= 0.6 is 0 Å². The van der Waals surface area contributed by atoms with Crippen molar-refractivity contribution in [2.45, 2.75) is 33.1 Å². The molecular formula is C27H34N8O3. The van der Waals surface area contributed by atoms with Crippen LogP contribution in [0.5, 0.6) is 0 Å². The summed E-state index contributed by atoms with van der Waals surface area (Å²) in [6.45, 7) is 4.70. The number of nitrogens with zero attached hydrogens (tertiary/aromatic N) is 5. The van der Waals surface area contributed by atoms with Gasteiger partial charge in [0.25, 0.3) is 0 Å². The molecule has 0 saturated carbocycles. The summed E-state index contributed by atoms with van der Waals surface area (Å²) in [5.41, 5.74) is 5.03. The number of hydrogen-bond acceptors (Lipinski definition) is 8. The van der Waals surface area contributed by atoms with E-state index in [9.17, 15) is 4.79 Å². The summed E-state index contributed by atoms with van der Waals surface area (Å²) in [4.78, 5) is 35.7. The number of imidazole rings is 1. The molecule has 1 aromatic carbocycles. The molecule has 0 bridgehead atoms. The minimum Gasteiger partial charge on any atom is -0.377 e. The fourth-order valence-corrected chi connectivity index (χ4v) is 4.58. The maximum Gasteiger partial charge on any atom is 0.321 e. The van der Waals surface area contributed by atoms with Gasteiger partial charge in [0.05, 0.1) is 23.4 Å². The Hall–Kier alpha value is -3.93. The maximum atomic E-state index is 12.0. The Morgan fingerprint density at radius 1 is 1.08 bits per heavy atom.